The highest BCUT2D eigenvalue weighted by Crippen LogP contribution is 2.38. The number of hydrogen-bond acceptors (Lipinski definition) is 7. The molecule has 1 aliphatic carbocycles. The standard InChI is InChI=1S/C27H31N3O6S/c1-17(2)25(31)19-12-13-27(15-19,26(32)29-33)30-37(34,35)22-10-8-21(9-11-22)36-16-20-14-18(3)28-24-7-5-4-6-23(20)24/h4-11,14,17,19,30,33H,12-13,15-16H2,1-3H3,(H,29,32). The molecule has 1 aromatic heterocycles. The summed E-state index contributed by atoms with van der Waals surface area (Å²) in [6.07, 6.45) is 0.432. The Bertz CT molecular complexity index is 1420. The van der Waals surface area contributed by atoms with Crippen molar-refractivity contribution in [3.8, 4) is 5.75 Å². The number of sulfonamides is 1. The number of ether oxygens (including phenoxy) is 1. The van der Waals surface area contributed by atoms with Gasteiger partial charge in [0, 0.05) is 28.5 Å². The molecule has 3 aromatic rings. The van der Waals surface area contributed by atoms with Crippen molar-refractivity contribution in [1.82, 2.24) is 15.2 Å². The van der Waals surface area contributed by atoms with Gasteiger partial charge in [0.2, 0.25) is 10.0 Å². The first-order valence-electron chi connectivity index (χ1n) is 12.1. The lowest BCUT2D eigenvalue weighted by Crippen LogP contribution is -2.56. The Morgan fingerprint density at radius 1 is 1.16 bits per heavy atom. The molecule has 2 aromatic carbocycles. The fourth-order valence-corrected chi connectivity index (χ4v) is 6.32. The number of amides is 1. The van der Waals surface area contributed by atoms with Crippen molar-refractivity contribution in [3.05, 3.63) is 65.9 Å². The zero-order chi connectivity index (χ0) is 26.8. The van der Waals surface area contributed by atoms with E-state index in [0.29, 0.717) is 12.2 Å². The molecule has 0 spiro atoms. The average molecular weight is 526 g/mol. The maximum atomic E-state index is 13.2. The lowest BCUT2D eigenvalue weighted by molar-refractivity contribution is -0.135. The van der Waals surface area contributed by atoms with Crippen LogP contribution in [-0.4, -0.2) is 35.8 Å². The van der Waals surface area contributed by atoms with Crippen LogP contribution in [0.3, 0.4) is 0 Å². The average Bonchev–Trinajstić information content (AvgIpc) is 3.30. The quantitative estimate of drug-likeness (QED) is 0.287. The second-order valence-electron chi connectivity index (χ2n) is 9.83. The van der Waals surface area contributed by atoms with Crippen molar-refractivity contribution in [2.75, 3.05) is 0 Å². The first-order chi connectivity index (χ1) is 17.5. The summed E-state index contributed by atoms with van der Waals surface area (Å²) in [5.41, 5.74) is 2.66. The number of Topliss-reactive ketones (excluding diaryl/α,β-unsaturated/α-hetero) is 1. The van der Waals surface area contributed by atoms with Crippen LogP contribution < -0.4 is 14.9 Å². The number of ketones is 1. The van der Waals surface area contributed by atoms with Crippen LogP contribution in [0.2, 0.25) is 0 Å². The lowest BCUT2D eigenvalue weighted by atomic mass is 9.90. The third-order valence-corrected chi connectivity index (χ3v) is 8.36. The van der Waals surface area contributed by atoms with E-state index in [9.17, 15) is 23.2 Å². The van der Waals surface area contributed by atoms with Gasteiger partial charge in [0.25, 0.3) is 5.91 Å². The molecule has 196 valence electrons. The molecule has 0 saturated heterocycles. The summed E-state index contributed by atoms with van der Waals surface area (Å²) in [6.45, 7) is 5.72. The first-order valence-corrected chi connectivity index (χ1v) is 13.6. The Morgan fingerprint density at radius 3 is 2.54 bits per heavy atom. The molecule has 3 N–H and O–H groups in total. The molecule has 0 bridgehead atoms. The van der Waals surface area contributed by atoms with Crippen molar-refractivity contribution in [2.45, 2.75) is 57.1 Å². The number of nitrogens with zero attached hydrogens (tertiary/aromatic N) is 1. The number of pyridine rings is 1. The Labute approximate surface area is 216 Å². The molecule has 10 heteroatoms. The largest absolute Gasteiger partial charge is 0.489 e. The monoisotopic (exact) mass is 525 g/mol. The van der Waals surface area contributed by atoms with E-state index in [1.807, 2.05) is 37.3 Å². The van der Waals surface area contributed by atoms with Crippen LogP contribution in [0, 0.1) is 18.8 Å². The van der Waals surface area contributed by atoms with E-state index in [1.54, 1.807) is 31.5 Å². The minimum atomic E-state index is -4.14. The molecule has 4 rings (SSSR count). The number of rotatable bonds is 9. The predicted octanol–water partition coefficient (Wildman–Crippen LogP) is 3.67. The molecule has 2 atom stereocenters. The van der Waals surface area contributed by atoms with E-state index in [-0.39, 0.29) is 36.0 Å². The minimum Gasteiger partial charge on any atom is -0.489 e. The van der Waals surface area contributed by atoms with Gasteiger partial charge in [-0.25, -0.2) is 13.9 Å². The third-order valence-electron chi connectivity index (χ3n) is 6.81. The molecule has 0 aliphatic heterocycles. The molecular weight excluding hydrogens is 494 g/mol. The number of nitrogens with one attached hydrogen (secondary N) is 2. The fraction of sp³-hybridized carbons (Fsp3) is 0.370. The zero-order valence-electron chi connectivity index (χ0n) is 21.0. The van der Waals surface area contributed by atoms with Gasteiger partial charge in [0.15, 0.2) is 0 Å². The van der Waals surface area contributed by atoms with Crippen molar-refractivity contribution in [2.24, 2.45) is 11.8 Å². The van der Waals surface area contributed by atoms with Crippen molar-refractivity contribution in [1.29, 1.82) is 0 Å². The summed E-state index contributed by atoms with van der Waals surface area (Å²) < 4.78 is 34.8. The van der Waals surface area contributed by atoms with Gasteiger partial charge in [-0.3, -0.25) is 19.8 Å². The second kappa shape index (κ2) is 10.6. The molecule has 0 radical (unpaired) electrons. The summed E-state index contributed by atoms with van der Waals surface area (Å²) in [6, 6.07) is 15.6. The molecule has 1 amide bonds. The zero-order valence-corrected chi connectivity index (χ0v) is 21.8. The predicted molar refractivity (Wildman–Crippen MR) is 137 cm³/mol. The lowest BCUT2D eigenvalue weighted by Gasteiger charge is -2.28. The summed E-state index contributed by atoms with van der Waals surface area (Å²) in [4.78, 5) is 29.5. The number of aryl methyl sites for hydroxylation is 1. The molecule has 1 heterocycles. The summed E-state index contributed by atoms with van der Waals surface area (Å²) in [5.74, 6) is -1.15. The van der Waals surface area contributed by atoms with Gasteiger partial charge in [-0.2, -0.15) is 4.72 Å². The second-order valence-corrected chi connectivity index (χ2v) is 11.5. The van der Waals surface area contributed by atoms with Crippen molar-refractivity contribution >= 4 is 32.6 Å². The van der Waals surface area contributed by atoms with Gasteiger partial charge in [0.05, 0.1) is 10.4 Å². The molecule has 37 heavy (non-hydrogen) atoms. The van der Waals surface area contributed by atoms with E-state index < -0.39 is 27.4 Å². The summed E-state index contributed by atoms with van der Waals surface area (Å²) in [5, 5.41) is 10.3. The SMILES string of the molecule is Cc1cc(COc2ccc(S(=O)(=O)NC3(C(=O)NO)CCC(C(=O)C(C)C)C3)cc2)c2ccccc2n1. The molecular formula is C27H31N3O6S. The highest BCUT2D eigenvalue weighted by atomic mass is 32.2. The number of carbonyl (C=O) groups is 2. The highest BCUT2D eigenvalue weighted by Gasteiger charge is 2.50. The van der Waals surface area contributed by atoms with Crippen LogP contribution in [0.1, 0.15) is 44.4 Å². The van der Waals surface area contributed by atoms with Crippen molar-refractivity contribution < 1.29 is 28.0 Å². The van der Waals surface area contributed by atoms with Gasteiger partial charge >= 0.3 is 0 Å². The summed E-state index contributed by atoms with van der Waals surface area (Å²) >= 11 is 0. The normalized spacial score (nSPS) is 19.8. The van der Waals surface area contributed by atoms with Crippen LogP contribution in [0.25, 0.3) is 10.9 Å². The van der Waals surface area contributed by atoms with Gasteiger partial charge in [-0.1, -0.05) is 32.0 Å². The maximum Gasteiger partial charge on any atom is 0.264 e. The Hall–Kier alpha value is -3.34. The van der Waals surface area contributed by atoms with E-state index >= 15 is 0 Å². The molecule has 1 saturated carbocycles. The highest BCUT2D eigenvalue weighted by molar-refractivity contribution is 7.89. The Balaban J connectivity index is 1.50. The van der Waals surface area contributed by atoms with Gasteiger partial charge in [-0.15, -0.1) is 0 Å². The minimum absolute atomic E-state index is 0.0177. The molecule has 9 nitrogen and oxygen atoms in total. The van der Waals surface area contributed by atoms with E-state index in [1.165, 1.54) is 12.1 Å². The number of hydrogen-bond donors (Lipinski definition) is 3. The number of fused-ring (bicyclic) bond motifs is 1. The van der Waals surface area contributed by atoms with Crippen LogP contribution in [0.5, 0.6) is 5.75 Å². The number of aromatic nitrogens is 1. The Kier molecular flexibility index (Phi) is 7.63. The fourth-order valence-electron chi connectivity index (χ4n) is 4.92. The van der Waals surface area contributed by atoms with Crippen LogP contribution in [0.4, 0.5) is 0 Å². The van der Waals surface area contributed by atoms with E-state index in [0.717, 1.165) is 22.2 Å². The third kappa shape index (κ3) is 5.66. The van der Waals surface area contributed by atoms with Gasteiger partial charge in [-0.05, 0) is 62.6 Å². The maximum absolute atomic E-state index is 13.2. The topological polar surface area (TPSA) is 135 Å². The van der Waals surface area contributed by atoms with Crippen LogP contribution >= 0.6 is 0 Å². The number of hydroxylamine groups is 1. The molecule has 1 aliphatic rings. The number of para-hydroxylation sites is 1. The number of carbonyl (C=O) groups excluding carboxylic acids is 2. The van der Waals surface area contributed by atoms with Crippen molar-refractivity contribution in [3.63, 3.8) is 0 Å². The van der Waals surface area contributed by atoms with Gasteiger partial charge < -0.3 is 4.74 Å². The van der Waals surface area contributed by atoms with Crippen LogP contribution in [0.15, 0.2) is 59.5 Å². The molecule has 2 unspecified atom stereocenters. The van der Waals surface area contributed by atoms with Crippen LogP contribution in [-0.2, 0) is 26.2 Å². The number of benzene rings is 2. The van der Waals surface area contributed by atoms with E-state index in [4.69, 9.17) is 4.74 Å². The Morgan fingerprint density at radius 2 is 1.86 bits per heavy atom. The molecule has 1 fully saturated rings. The summed E-state index contributed by atoms with van der Waals surface area (Å²) in [7, 11) is -4.14. The van der Waals surface area contributed by atoms with E-state index in [2.05, 4.69) is 9.71 Å². The smallest absolute Gasteiger partial charge is 0.264 e. The first kappa shape index (κ1) is 26.7. The van der Waals surface area contributed by atoms with Gasteiger partial charge in [0.1, 0.15) is 23.7 Å².